The Morgan fingerprint density at radius 1 is 1.17 bits per heavy atom. The third kappa shape index (κ3) is 2.74. The van der Waals surface area contributed by atoms with Gasteiger partial charge < -0.3 is 14.2 Å². The molecule has 0 aliphatic carbocycles. The molecule has 0 saturated carbocycles. The highest BCUT2D eigenvalue weighted by Gasteiger charge is 2.16. The van der Waals surface area contributed by atoms with E-state index in [1.165, 1.54) is 11.3 Å². The molecule has 1 aliphatic rings. The minimum absolute atomic E-state index is 0.238. The molecule has 0 fully saturated rings. The fourth-order valence-corrected chi connectivity index (χ4v) is 3.28. The van der Waals surface area contributed by atoms with Crippen molar-refractivity contribution in [1.29, 1.82) is 0 Å². The second-order valence-electron chi connectivity index (χ2n) is 5.17. The first-order valence-corrected chi connectivity index (χ1v) is 8.20. The normalized spacial score (nSPS) is 12.9. The molecule has 0 radical (unpaired) electrons. The van der Waals surface area contributed by atoms with Gasteiger partial charge in [0.2, 0.25) is 0 Å². The topological polar surface area (TPSA) is 69.7 Å². The van der Waals surface area contributed by atoms with Gasteiger partial charge in [-0.3, -0.25) is 10.1 Å². The zero-order valence-electron chi connectivity index (χ0n) is 12.9. The minimum atomic E-state index is -0.238. The molecular formula is C17H14N2O4S. The van der Waals surface area contributed by atoms with Crippen molar-refractivity contribution in [3.05, 3.63) is 42.0 Å². The summed E-state index contributed by atoms with van der Waals surface area (Å²) in [7, 11) is 1.61. The number of hydrogen-bond donors (Lipinski definition) is 1. The molecule has 122 valence electrons. The number of anilines is 1. The third-order valence-electron chi connectivity index (χ3n) is 3.62. The quantitative estimate of drug-likeness (QED) is 0.791. The predicted molar refractivity (Wildman–Crippen MR) is 91.6 cm³/mol. The number of nitrogens with one attached hydrogen (secondary N) is 1. The molecule has 0 unspecified atom stereocenters. The van der Waals surface area contributed by atoms with Gasteiger partial charge in [-0.25, -0.2) is 4.98 Å². The van der Waals surface area contributed by atoms with E-state index in [-0.39, 0.29) is 5.91 Å². The summed E-state index contributed by atoms with van der Waals surface area (Å²) in [6, 6.07) is 10.8. The third-order valence-corrected chi connectivity index (χ3v) is 4.57. The summed E-state index contributed by atoms with van der Waals surface area (Å²) in [5.41, 5.74) is 1.29. The van der Waals surface area contributed by atoms with Crippen LogP contribution in [0.5, 0.6) is 17.2 Å². The lowest BCUT2D eigenvalue weighted by atomic mass is 10.2. The Kier molecular flexibility index (Phi) is 3.70. The molecule has 6 nitrogen and oxygen atoms in total. The lowest BCUT2D eigenvalue weighted by Crippen LogP contribution is -2.17. The number of carbonyl (C=O) groups excluding carboxylic acids is 1. The Balaban J connectivity index is 1.57. The highest BCUT2D eigenvalue weighted by molar-refractivity contribution is 7.22. The zero-order chi connectivity index (χ0) is 16.5. The number of nitrogens with zero attached hydrogens (tertiary/aromatic N) is 1. The SMILES string of the molecule is COc1ccc2sc(NC(=O)c3ccc4c(c3)OCCO4)nc2c1. The van der Waals surface area contributed by atoms with Gasteiger partial charge in [-0.2, -0.15) is 0 Å². The molecule has 3 aromatic rings. The van der Waals surface area contributed by atoms with E-state index in [2.05, 4.69) is 10.3 Å². The first-order valence-electron chi connectivity index (χ1n) is 7.38. The molecule has 1 amide bonds. The number of thiazole rings is 1. The van der Waals surface area contributed by atoms with Crippen molar-refractivity contribution in [2.75, 3.05) is 25.6 Å². The van der Waals surface area contributed by atoms with E-state index in [4.69, 9.17) is 14.2 Å². The van der Waals surface area contributed by atoms with E-state index in [9.17, 15) is 4.79 Å². The van der Waals surface area contributed by atoms with Crippen LogP contribution < -0.4 is 19.5 Å². The van der Waals surface area contributed by atoms with Gasteiger partial charge in [-0.15, -0.1) is 0 Å². The monoisotopic (exact) mass is 342 g/mol. The maximum atomic E-state index is 12.4. The Hall–Kier alpha value is -2.80. The van der Waals surface area contributed by atoms with Crippen LogP contribution in [0.2, 0.25) is 0 Å². The number of amides is 1. The van der Waals surface area contributed by atoms with Crippen LogP contribution in [0, 0.1) is 0 Å². The molecule has 0 atom stereocenters. The van der Waals surface area contributed by atoms with Crippen LogP contribution in [0.1, 0.15) is 10.4 Å². The number of methoxy groups -OCH3 is 1. The summed E-state index contributed by atoms with van der Waals surface area (Å²) < 4.78 is 17.1. The molecule has 7 heteroatoms. The Morgan fingerprint density at radius 2 is 2.00 bits per heavy atom. The lowest BCUT2D eigenvalue weighted by molar-refractivity contribution is 0.102. The number of rotatable bonds is 3. The molecule has 4 rings (SSSR count). The van der Waals surface area contributed by atoms with Crippen molar-refractivity contribution in [3.8, 4) is 17.2 Å². The lowest BCUT2D eigenvalue weighted by Gasteiger charge is -2.18. The highest BCUT2D eigenvalue weighted by atomic mass is 32.1. The van der Waals surface area contributed by atoms with Crippen LogP contribution in [0.15, 0.2) is 36.4 Å². The average Bonchev–Trinajstić information content (AvgIpc) is 3.02. The van der Waals surface area contributed by atoms with Crippen molar-refractivity contribution in [3.63, 3.8) is 0 Å². The predicted octanol–water partition coefficient (Wildman–Crippen LogP) is 3.33. The van der Waals surface area contributed by atoms with Crippen molar-refractivity contribution < 1.29 is 19.0 Å². The Morgan fingerprint density at radius 3 is 2.83 bits per heavy atom. The van der Waals surface area contributed by atoms with E-state index in [0.717, 1.165) is 16.0 Å². The highest BCUT2D eigenvalue weighted by Crippen LogP contribution is 2.32. The average molecular weight is 342 g/mol. The van der Waals surface area contributed by atoms with Gasteiger partial charge in [-0.1, -0.05) is 11.3 Å². The first kappa shape index (κ1) is 14.8. The number of fused-ring (bicyclic) bond motifs is 2. The van der Waals surface area contributed by atoms with Crippen LogP contribution >= 0.6 is 11.3 Å². The smallest absolute Gasteiger partial charge is 0.257 e. The molecule has 0 spiro atoms. The van der Waals surface area contributed by atoms with E-state index >= 15 is 0 Å². The molecule has 1 N–H and O–H groups in total. The van der Waals surface area contributed by atoms with E-state index < -0.39 is 0 Å². The standard InChI is InChI=1S/C17H14N2O4S/c1-21-11-3-5-15-12(9-11)18-17(24-15)19-16(20)10-2-4-13-14(8-10)23-7-6-22-13/h2-5,8-9H,6-7H2,1H3,(H,18,19,20). The zero-order valence-corrected chi connectivity index (χ0v) is 13.7. The number of carbonyl (C=O) groups is 1. The van der Waals surface area contributed by atoms with Gasteiger partial charge in [0.05, 0.1) is 17.3 Å². The second-order valence-corrected chi connectivity index (χ2v) is 6.20. The maximum absolute atomic E-state index is 12.4. The molecule has 1 aliphatic heterocycles. The summed E-state index contributed by atoms with van der Waals surface area (Å²) in [5, 5.41) is 3.36. The van der Waals surface area contributed by atoms with Crippen molar-refractivity contribution in [2.45, 2.75) is 0 Å². The van der Waals surface area contributed by atoms with E-state index in [1.807, 2.05) is 18.2 Å². The number of benzene rings is 2. The van der Waals surface area contributed by atoms with E-state index in [1.54, 1.807) is 25.3 Å². The van der Waals surface area contributed by atoms with Gasteiger partial charge in [0.15, 0.2) is 16.6 Å². The van der Waals surface area contributed by atoms with Crippen LogP contribution in [0.25, 0.3) is 10.2 Å². The fraction of sp³-hybridized carbons (Fsp3) is 0.176. The van der Waals surface area contributed by atoms with Gasteiger partial charge >= 0.3 is 0 Å². The van der Waals surface area contributed by atoms with Crippen LogP contribution in [-0.4, -0.2) is 31.2 Å². The largest absolute Gasteiger partial charge is 0.497 e. The first-order chi connectivity index (χ1) is 11.7. The number of ether oxygens (including phenoxy) is 3. The number of hydrogen-bond acceptors (Lipinski definition) is 6. The fourth-order valence-electron chi connectivity index (χ4n) is 2.44. The Labute approximate surface area is 142 Å². The van der Waals surface area contributed by atoms with Crippen LogP contribution in [-0.2, 0) is 0 Å². The molecule has 2 heterocycles. The van der Waals surface area contributed by atoms with Gasteiger partial charge in [0, 0.05) is 11.6 Å². The molecular weight excluding hydrogens is 328 g/mol. The molecule has 0 saturated heterocycles. The molecule has 24 heavy (non-hydrogen) atoms. The minimum Gasteiger partial charge on any atom is -0.497 e. The van der Waals surface area contributed by atoms with Gasteiger partial charge in [0.25, 0.3) is 5.91 Å². The van der Waals surface area contributed by atoms with Gasteiger partial charge in [-0.05, 0) is 30.3 Å². The van der Waals surface area contributed by atoms with Crippen molar-refractivity contribution in [1.82, 2.24) is 4.98 Å². The summed E-state index contributed by atoms with van der Waals surface area (Å²) in [5.74, 6) is 1.74. The van der Waals surface area contributed by atoms with Crippen molar-refractivity contribution >= 4 is 32.6 Å². The summed E-state index contributed by atoms with van der Waals surface area (Å²) >= 11 is 1.41. The van der Waals surface area contributed by atoms with E-state index in [0.29, 0.717) is 35.4 Å². The molecule has 0 bridgehead atoms. The molecule has 2 aromatic carbocycles. The van der Waals surface area contributed by atoms with Gasteiger partial charge in [0.1, 0.15) is 19.0 Å². The summed E-state index contributed by atoms with van der Waals surface area (Å²) in [6.07, 6.45) is 0. The summed E-state index contributed by atoms with van der Waals surface area (Å²) in [6.45, 7) is 1.01. The second kappa shape index (κ2) is 6.01. The summed E-state index contributed by atoms with van der Waals surface area (Å²) in [4.78, 5) is 16.9. The number of aromatic nitrogens is 1. The van der Waals surface area contributed by atoms with Crippen LogP contribution in [0.4, 0.5) is 5.13 Å². The maximum Gasteiger partial charge on any atom is 0.257 e. The van der Waals surface area contributed by atoms with Crippen molar-refractivity contribution in [2.24, 2.45) is 0 Å². The Bertz CT molecular complexity index is 922. The van der Waals surface area contributed by atoms with Crippen LogP contribution in [0.3, 0.4) is 0 Å². The molecule has 1 aromatic heterocycles.